The molecule has 1 heterocycles. The van der Waals surface area contributed by atoms with E-state index in [1.54, 1.807) is 0 Å². The number of rotatable bonds is 3. The van der Waals surface area contributed by atoms with Gasteiger partial charge in [0.2, 0.25) is 0 Å². The zero-order valence-corrected chi connectivity index (χ0v) is 11.4. The second-order valence-corrected chi connectivity index (χ2v) is 5.35. The largest absolute Gasteiger partial charge is 0.365 e. The Bertz CT molecular complexity index is 408. The van der Waals surface area contributed by atoms with Crippen LogP contribution in [0.3, 0.4) is 0 Å². The molecular formula is C14H22FN3. The molecule has 1 saturated carbocycles. The topological polar surface area (TPSA) is 37.8 Å². The van der Waals surface area contributed by atoms with Crippen LogP contribution in [0, 0.1) is 17.7 Å². The molecule has 4 heteroatoms. The van der Waals surface area contributed by atoms with Crippen molar-refractivity contribution < 1.29 is 4.39 Å². The highest BCUT2D eigenvalue weighted by atomic mass is 19.1. The summed E-state index contributed by atoms with van der Waals surface area (Å²) in [7, 11) is 0. The molecule has 100 valence electrons. The predicted octanol–water partition coefficient (Wildman–Crippen LogP) is 3.41. The maximum absolute atomic E-state index is 14.1. The zero-order valence-electron chi connectivity index (χ0n) is 11.4. The van der Waals surface area contributed by atoms with Crippen molar-refractivity contribution in [2.75, 3.05) is 5.32 Å². The minimum Gasteiger partial charge on any atom is -0.365 e. The Morgan fingerprint density at radius 1 is 1.33 bits per heavy atom. The van der Waals surface area contributed by atoms with Gasteiger partial charge in [0.25, 0.3) is 0 Å². The van der Waals surface area contributed by atoms with Crippen LogP contribution in [0.5, 0.6) is 0 Å². The molecule has 3 unspecified atom stereocenters. The highest BCUT2D eigenvalue weighted by molar-refractivity contribution is 5.38. The van der Waals surface area contributed by atoms with Crippen molar-refractivity contribution in [3.05, 3.63) is 17.8 Å². The molecule has 3 nitrogen and oxygen atoms in total. The third kappa shape index (κ3) is 2.62. The summed E-state index contributed by atoms with van der Waals surface area (Å²) in [4.78, 5) is 8.00. The lowest BCUT2D eigenvalue weighted by Gasteiger charge is -2.35. The molecule has 1 aliphatic rings. The van der Waals surface area contributed by atoms with Crippen LogP contribution in [0.2, 0.25) is 0 Å². The van der Waals surface area contributed by atoms with E-state index in [1.165, 1.54) is 19.2 Å². The van der Waals surface area contributed by atoms with Crippen molar-refractivity contribution in [3.8, 4) is 0 Å². The molecule has 1 aliphatic carbocycles. The Balaban J connectivity index is 2.13. The van der Waals surface area contributed by atoms with E-state index in [0.29, 0.717) is 35.8 Å². The number of halogens is 1. The van der Waals surface area contributed by atoms with Crippen molar-refractivity contribution >= 4 is 5.82 Å². The molecule has 0 radical (unpaired) electrons. The molecule has 3 atom stereocenters. The molecule has 0 aromatic carbocycles. The number of hydrogen-bond acceptors (Lipinski definition) is 3. The van der Waals surface area contributed by atoms with E-state index in [9.17, 15) is 4.39 Å². The molecule has 0 spiro atoms. The first-order valence-corrected chi connectivity index (χ1v) is 6.89. The first-order valence-electron chi connectivity index (χ1n) is 6.89. The van der Waals surface area contributed by atoms with Gasteiger partial charge >= 0.3 is 0 Å². The lowest BCUT2D eigenvalue weighted by Crippen LogP contribution is -2.35. The third-order valence-electron chi connectivity index (χ3n) is 4.23. The van der Waals surface area contributed by atoms with Gasteiger partial charge in [-0.15, -0.1) is 0 Å². The third-order valence-corrected chi connectivity index (χ3v) is 4.23. The van der Waals surface area contributed by atoms with Gasteiger partial charge in [-0.1, -0.05) is 33.6 Å². The van der Waals surface area contributed by atoms with Crippen LogP contribution in [0.15, 0.2) is 6.33 Å². The fourth-order valence-electron chi connectivity index (χ4n) is 2.71. The van der Waals surface area contributed by atoms with Gasteiger partial charge in [-0.05, 0) is 24.7 Å². The normalized spacial score (nSPS) is 28.1. The maximum Gasteiger partial charge on any atom is 0.186 e. The Kier molecular flexibility index (Phi) is 4.15. The number of aromatic nitrogens is 2. The molecule has 0 aliphatic heterocycles. The van der Waals surface area contributed by atoms with Crippen molar-refractivity contribution in [1.82, 2.24) is 9.97 Å². The van der Waals surface area contributed by atoms with Crippen LogP contribution in [0.1, 0.15) is 45.7 Å². The molecular weight excluding hydrogens is 229 g/mol. The van der Waals surface area contributed by atoms with Gasteiger partial charge in [0.1, 0.15) is 6.33 Å². The summed E-state index contributed by atoms with van der Waals surface area (Å²) in [6.07, 6.45) is 5.61. The second kappa shape index (κ2) is 5.63. The highest BCUT2D eigenvalue weighted by Crippen LogP contribution is 2.31. The molecule has 0 amide bonds. The molecule has 1 N–H and O–H groups in total. The summed E-state index contributed by atoms with van der Waals surface area (Å²) >= 11 is 0. The van der Waals surface area contributed by atoms with Gasteiger partial charge in [0, 0.05) is 6.04 Å². The van der Waals surface area contributed by atoms with Crippen molar-refractivity contribution in [2.45, 2.75) is 52.5 Å². The minimum absolute atomic E-state index is 0.287. The predicted molar refractivity (Wildman–Crippen MR) is 71.0 cm³/mol. The van der Waals surface area contributed by atoms with Crippen LogP contribution < -0.4 is 5.32 Å². The molecule has 0 saturated heterocycles. The van der Waals surface area contributed by atoms with Crippen LogP contribution in [0.4, 0.5) is 10.2 Å². The minimum atomic E-state index is -0.287. The van der Waals surface area contributed by atoms with E-state index >= 15 is 0 Å². The Morgan fingerprint density at radius 2 is 2.11 bits per heavy atom. The van der Waals surface area contributed by atoms with Gasteiger partial charge in [0.05, 0.1) is 5.69 Å². The fraction of sp³-hybridized carbons (Fsp3) is 0.714. The Labute approximate surface area is 108 Å². The molecule has 1 aromatic heterocycles. The summed E-state index contributed by atoms with van der Waals surface area (Å²) in [5.74, 6) is 1.32. The monoisotopic (exact) mass is 251 g/mol. The van der Waals surface area contributed by atoms with E-state index in [4.69, 9.17) is 0 Å². The van der Waals surface area contributed by atoms with Gasteiger partial charge in [0.15, 0.2) is 11.6 Å². The fourth-order valence-corrected chi connectivity index (χ4v) is 2.71. The van der Waals surface area contributed by atoms with E-state index in [0.717, 1.165) is 6.42 Å². The molecule has 1 fully saturated rings. The molecule has 18 heavy (non-hydrogen) atoms. The van der Waals surface area contributed by atoms with E-state index in [2.05, 4.69) is 29.1 Å². The number of anilines is 1. The summed E-state index contributed by atoms with van der Waals surface area (Å²) in [6.45, 7) is 6.41. The van der Waals surface area contributed by atoms with Crippen LogP contribution in [-0.4, -0.2) is 16.0 Å². The smallest absolute Gasteiger partial charge is 0.186 e. The van der Waals surface area contributed by atoms with Crippen LogP contribution in [0.25, 0.3) is 0 Å². The Hall–Kier alpha value is -1.19. The lowest BCUT2D eigenvalue weighted by atomic mass is 9.78. The second-order valence-electron chi connectivity index (χ2n) is 5.35. The van der Waals surface area contributed by atoms with Gasteiger partial charge < -0.3 is 5.32 Å². The summed E-state index contributed by atoms with van der Waals surface area (Å²) < 4.78 is 14.1. The molecule has 0 bridgehead atoms. The van der Waals surface area contributed by atoms with Crippen LogP contribution in [-0.2, 0) is 6.42 Å². The quantitative estimate of drug-likeness (QED) is 0.894. The van der Waals surface area contributed by atoms with E-state index < -0.39 is 0 Å². The number of nitrogens with zero attached hydrogens (tertiary/aromatic N) is 2. The summed E-state index contributed by atoms with van der Waals surface area (Å²) in [6, 6.07) is 0.322. The average Bonchev–Trinajstić information content (AvgIpc) is 2.37. The summed E-state index contributed by atoms with van der Waals surface area (Å²) in [5, 5.41) is 3.28. The Morgan fingerprint density at radius 3 is 2.83 bits per heavy atom. The van der Waals surface area contributed by atoms with Crippen molar-refractivity contribution in [3.63, 3.8) is 0 Å². The molecule has 2 rings (SSSR count). The zero-order chi connectivity index (χ0) is 13.1. The van der Waals surface area contributed by atoms with E-state index in [1.807, 2.05) is 6.92 Å². The first-order chi connectivity index (χ1) is 8.63. The highest BCUT2D eigenvalue weighted by Gasteiger charge is 2.28. The number of hydrogen-bond donors (Lipinski definition) is 1. The van der Waals surface area contributed by atoms with Crippen molar-refractivity contribution in [1.29, 1.82) is 0 Å². The van der Waals surface area contributed by atoms with Crippen LogP contribution >= 0.6 is 0 Å². The van der Waals surface area contributed by atoms with Gasteiger partial charge in [-0.25, -0.2) is 14.4 Å². The number of aryl methyl sites for hydroxylation is 1. The maximum atomic E-state index is 14.1. The number of nitrogens with one attached hydrogen (secondary N) is 1. The average molecular weight is 251 g/mol. The first kappa shape index (κ1) is 13.2. The lowest BCUT2D eigenvalue weighted by molar-refractivity contribution is 0.252. The van der Waals surface area contributed by atoms with Gasteiger partial charge in [-0.2, -0.15) is 0 Å². The standard InChI is InChI=1S/C14H22FN3/c1-4-11-13(15)14(17-8-16-11)18-12-7-5-6-9(2)10(12)3/h8-10,12H,4-7H2,1-3H3,(H,16,17,18). The van der Waals surface area contributed by atoms with Gasteiger partial charge in [-0.3, -0.25) is 0 Å². The van der Waals surface area contributed by atoms with E-state index in [-0.39, 0.29) is 5.82 Å². The van der Waals surface area contributed by atoms with Crippen molar-refractivity contribution in [2.24, 2.45) is 11.8 Å². The summed E-state index contributed by atoms with van der Waals surface area (Å²) in [5.41, 5.74) is 0.490. The SMILES string of the molecule is CCc1ncnc(NC2CCCC(C)C2C)c1F. The molecule has 1 aromatic rings.